The van der Waals surface area contributed by atoms with Crippen molar-refractivity contribution in [1.82, 2.24) is 19.7 Å². The number of aromatic nitrogens is 4. The molecule has 122 valence electrons. The SMILES string of the molecule is Cc1cc(Nc2ccnn2-c2ccccc2)nc(-c2ccccc2)n1. The molecule has 25 heavy (non-hydrogen) atoms. The van der Waals surface area contributed by atoms with E-state index in [1.165, 1.54) is 0 Å². The van der Waals surface area contributed by atoms with E-state index in [1.807, 2.05) is 84.4 Å². The molecule has 5 nitrogen and oxygen atoms in total. The lowest BCUT2D eigenvalue weighted by molar-refractivity contribution is 0.886. The largest absolute Gasteiger partial charge is 0.325 e. The third-order valence-electron chi connectivity index (χ3n) is 3.79. The van der Waals surface area contributed by atoms with E-state index in [0.717, 1.165) is 28.6 Å². The van der Waals surface area contributed by atoms with Crippen LogP contribution in [0.5, 0.6) is 0 Å². The lowest BCUT2D eigenvalue weighted by atomic mass is 10.2. The highest BCUT2D eigenvalue weighted by atomic mass is 15.3. The fraction of sp³-hybridized carbons (Fsp3) is 0.0500. The fourth-order valence-electron chi connectivity index (χ4n) is 2.65. The summed E-state index contributed by atoms with van der Waals surface area (Å²) in [4.78, 5) is 9.19. The Labute approximate surface area is 146 Å². The van der Waals surface area contributed by atoms with E-state index >= 15 is 0 Å². The highest BCUT2D eigenvalue weighted by Gasteiger charge is 2.08. The van der Waals surface area contributed by atoms with E-state index in [-0.39, 0.29) is 0 Å². The monoisotopic (exact) mass is 327 g/mol. The zero-order chi connectivity index (χ0) is 17.1. The Bertz CT molecular complexity index is 977. The summed E-state index contributed by atoms with van der Waals surface area (Å²) in [6.45, 7) is 1.97. The van der Waals surface area contributed by atoms with Crippen molar-refractivity contribution >= 4 is 11.6 Å². The Kier molecular flexibility index (Phi) is 3.96. The highest BCUT2D eigenvalue weighted by Crippen LogP contribution is 2.22. The number of nitrogens with one attached hydrogen (secondary N) is 1. The molecule has 2 aromatic carbocycles. The standard InChI is InChI=1S/C20H17N5/c1-15-14-18(24-20(22-15)16-8-4-2-5-9-16)23-19-12-13-21-25(19)17-10-6-3-7-11-17/h2-14H,1H3,(H,22,23,24). The van der Waals surface area contributed by atoms with Gasteiger partial charge in [0.05, 0.1) is 11.9 Å². The molecule has 0 bridgehead atoms. The quantitative estimate of drug-likeness (QED) is 0.604. The van der Waals surface area contributed by atoms with Crippen molar-refractivity contribution < 1.29 is 0 Å². The van der Waals surface area contributed by atoms with Gasteiger partial charge in [-0.3, -0.25) is 0 Å². The third kappa shape index (κ3) is 3.26. The fourth-order valence-corrected chi connectivity index (χ4v) is 2.65. The predicted molar refractivity (Wildman–Crippen MR) is 99.1 cm³/mol. The van der Waals surface area contributed by atoms with Crippen LogP contribution in [0.25, 0.3) is 17.1 Å². The Morgan fingerprint density at radius 2 is 1.56 bits per heavy atom. The van der Waals surface area contributed by atoms with Gasteiger partial charge in [0.2, 0.25) is 0 Å². The molecule has 1 N–H and O–H groups in total. The third-order valence-corrected chi connectivity index (χ3v) is 3.79. The maximum Gasteiger partial charge on any atom is 0.161 e. The topological polar surface area (TPSA) is 55.6 Å². The van der Waals surface area contributed by atoms with E-state index in [9.17, 15) is 0 Å². The van der Waals surface area contributed by atoms with E-state index in [2.05, 4.69) is 20.4 Å². The molecule has 2 aromatic heterocycles. The van der Waals surface area contributed by atoms with Gasteiger partial charge in [-0.05, 0) is 19.1 Å². The number of aryl methyl sites for hydroxylation is 1. The summed E-state index contributed by atoms with van der Waals surface area (Å²) in [7, 11) is 0. The minimum atomic E-state index is 0.703. The van der Waals surface area contributed by atoms with Gasteiger partial charge in [0.1, 0.15) is 11.6 Å². The summed E-state index contributed by atoms with van der Waals surface area (Å²) in [5.74, 6) is 2.29. The van der Waals surface area contributed by atoms with Crippen LogP contribution in [0.1, 0.15) is 5.69 Å². The van der Waals surface area contributed by atoms with E-state index in [4.69, 9.17) is 0 Å². The normalized spacial score (nSPS) is 10.6. The number of hydrogen-bond acceptors (Lipinski definition) is 4. The lowest BCUT2D eigenvalue weighted by Crippen LogP contribution is -2.04. The van der Waals surface area contributed by atoms with Crippen molar-refractivity contribution in [3.05, 3.63) is 84.7 Å². The van der Waals surface area contributed by atoms with Crippen LogP contribution >= 0.6 is 0 Å². The van der Waals surface area contributed by atoms with Gasteiger partial charge in [-0.1, -0.05) is 48.5 Å². The Morgan fingerprint density at radius 1 is 0.840 bits per heavy atom. The lowest BCUT2D eigenvalue weighted by Gasteiger charge is -2.11. The first-order valence-corrected chi connectivity index (χ1v) is 8.07. The second kappa shape index (κ2) is 6.57. The summed E-state index contributed by atoms with van der Waals surface area (Å²) >= 11 is 0. The zero-order valence-corrected chi connectivity index (χ0v) is 13.8. The van der Waals surface area contributed by atoms with Crippen molar-refractivity contribution in [2.75, 3.05) is 5.32 Å². The van der Waals surface area contributed by atoms with E-state index in [0.29, 0.717) is 5.82 Å². The summed E-state index contributed by atoms with van der Waals surface area (Å²) in [6, 6.07) is 23.8. The van der Waals surface area contributed by atoms with Crippen molar-refractivity contribution in [2.45, 2.75) is 6.92 Å². The van der Waals surface area contributed by atoms with Crippen LogP contribution < -0.4 is 5.32 Å². The Hall–Kier alpha value is -3.47. The van der Waals surface area contributed by atoms with Gasteiger partial charge in [0, 0.05) is 23.4 Å². The van der Waals surface area contributed by atoms with E-state index in [1.54, 1.807) is 6.20 Å². The first kappa shape index (κ1) is 15.1. The van der Waals surface area contributed by atoms with Gasteiger partial charge in [-0.2, -0.15) is 5.10 Å². The van der Waals surface area contributed by atoms with Gasteiger partial charge in [-0.25, -0.2) is 14.6 Å². The van der Waals surface area contributed by atoms with Crippen molar-refractivity contribution in [3.63, 3.8) is 0 Å². The summed E-state index contributed by atoms with van der Waals surface area (Å²) in [5, 5.41) is 7.75. The highest BCUT2D eigenvalue weighted by molar-refractivity contribution is 5.61. The van der Waals surface area contributed by atoms with Crippen LogP contribution in [0, 0.1) is 6.92 Å². The minimum Gasteiger partial charge on any atom is -0.325 e. The first-order chi connectivity index (χ1) is 12.3. The number of anilines is 2. The van der Waals surface area contributed by atoms with Gasteiger partial charge >= 0.3 is 0 Å². The molecule has 0 unspecified atom stereocenters. The number of hydrogen-bond donors (Lipinski definition) is 1. The average Bonchev–Trinajstić information content (AvgIpc) is 3.11. The predicted octanol–water partition coefficient (Wildman–Crippen LogP) is 4.38. The molecular formula is C20H17N5. The van der Waals surface area contributed by atoms with Crippen LogP contribution in [0.15, 0.2) is 79.0 Å². The molecular weight excluding hydrogens is 310 g/mol. The van der Waals surface area contributed by atoms with Gasteiger partial charge in [-0.15, -0.1) is 0 Å². The molecule has 0 radical (unpaired) electrons. The van der Waals surface area contributed by atoms with Gasteiger partial charge in [0.25, 0.3) is 0 Å². The van der Waals surface area contributed by atoms with Crippen molar-refractivity contribution in [3.8, 4) is 17.1 Å². The second-order valence-corrected chi connectivity index (χ2v) is 5.67. The molecule has 0 fully saturated rings. The van der Waals surface area contributed by atoms with Crippen LogP contribution in [0.4, 0.5) is 11.6 Å². The molecule has 0 saturated heterocycles. The number of nitrogens with zero attached hydrogens (tertiary/aromatic N) is 4. The molecule has 0 saturated carbocycles. The van der Waals surface area contributed by atoms with Crippen LogP contribution in [0.2, 0.25) is 0 Å². The molecule has 4 aromatic rings. The molecule has 0 aliphatic carbocycles. The first-order valence-electron chi connectivity index (χ1n) is 8.07. The smallest absolute Gasteiger partial charge is 0.161 e. The van der Waals surface area contributed by atoms with Crippen molar-refractivity contribution in [1.29, 1.82) is 0 Å². The van der Waals surface area contributed by atoms with Crippen molar-refractivity contribution in [2.24, 2.45) is 0 Å². The minimum absolute atomic E-state index is 0.703. The number of benzene rings is 2. The molecule has 0 atom stereocenters. The Morgan fingerprint density at radius 3 is 2.32 bits per heavy atom. The molecule has 4 rings (SSSR count). The average molecular weight is 327 g/mol. The molecule has 5 heteroatoms. The number of para-hydroxylation sites is 1. The van der Waals surface area contributed by atoms with E-state index < -0.39 is 0 Å². The maximum absolute atomic E-state index is 4.65. The summed E-state index contributed by atoms with van der Waals surface area (Å²) < 4.78 is 1.85. The summed E-state index contributed by atoms with van der Waals surface area (Å²) in [6.07, 6.45) is 1.77. The Balaban J connectivity index is 1.69. The van der Waals surface area contributed by atoms with Gasteiger partial charge in [0.15, 0.2) is 5.82 Å². The zero-order valence-electron chi connectivity index (χ0n) is 13.8. The second-order valence-electron chi connectivity index (χ2n) is 5.67. The van der Waals surface area contributed by atoms with Crippen LogP contribution in [-0.2, 0) is 0 Å². The molecule has 0 amide bonds. The van der Waals surface area contributed by atoms with Crippen LogP contribution in [0.3, 0.4) is 0 Å². The molecule has 2 heterocycles. The van der Waals surface area contributed by atoms with Crippen LogP contribution in [-0.4, -0.2) is 19.7 Å². The summed E-state index contributed by atoms with van der Waals surface area (Å²) in [5.41, 5.74) is 2.89. The maximum atomic E-state index is 4.65. The van der Waals surface area contributed by atoms with Gasteiger partial charge < -0.3 is 5.32 Å². The molecule has 0 aliphatic heterocycles. The number of rotatable bonds is 4. The molecule has 0 aliphatic rings. The molecule has 0 spiro atoms.